The minimum atomic E-state index is -0.480. The first-order valence-electron chi connectivity index (χ1n) is 7.73. The van der Waals surface area contributed by atoms with Crippen LogP contribution in [0.3, 0.4) is 0 Å². The summed E-state index contributed by atoms with van der Waals surface area (Å²) in [7, 11) is 1.60. The topological polar surface area (TPSA) is 71.5 Å². The van der Waals surface area contributed by atoms with E-state index < -0.39 is 6.04 Å². The number of methoxy groups -OCH3 is 1. The van der Waals surface area contributed by atoms with E-state index in [-0.39, 0.29) is 11.8 Å². The molecule has 1 fully saturated rings. The molecule has 0 aliphatic carbocycles. The smallest absolute Gasteiger partial charge is 0.248 e. The van der Waals surface area contributed by atoms with Crippen molar-refractivity contribution in [1.82, 2.24) is 9.88 Å². The number of carbonyl (C=O) groups is 2. The van der Waals surface area contributed by atoms with Gasteiger partial charge in [-0.3, -0.25) is 9.59 Å². The van der Waals surface area contributed by atoms with Gasteiger partial charge in [-0.25, -0.2) is 4.98 Å². The van der Waals surface area contributed by atoms with Gasteiger partial charge >= 0.3 is 0 Å². The van der Waals surface area contributed by atoms with Crippen molar-refractivity contribution in [2.45, 2.75) is 32.4 Å². The Morgan fingerprint density at radius 1 is 1.46 bits per heavy atom. The number of hydrogen-bond donors (Lipinski definition) is 1. The second-order valence-electron chi connectivity index (χ2n) is 5.67. The molecule has 2 amide bonds. The molecule has 1 aliphatic heterocycles. The lowest BCUT2D eigenvalue weighted by atomic mass is 10.1. The van der Waals surface area contributed by atoms with Crippen molar-refractivity contribution in [2.75, 3.05) is 12.4 Å². The highest BCUT2D eigenvalue weighted by molar-refractivity contribution is 7.13. The Bertz CT molecular complexity index is 759. The number of amides is 2. The van der Waals surface area contributed by atoms with Crippen LogP contribution in [0.5, 0.6) is 5.75 Å². The summed E-state index contributed by atoms with van der Waals surface area (Å²) < 4.78 is 5.34. The molecule has 2 aromatic rings. The average Bonchev–Trinajstić information content (AvgIpc) is 3.14. The van der Waals surface area contributed by atoms with Gasteiger partial charge in [-0.2, -0.15) is 0 Å². The standard InChI is InChI=1S/C17H19N3O3S/c1-11-10-24-17(18-11)19-16(22)13-7-8-15(21)20(13)9-12-5-3-4-6-14(12)23-2/h3-6,10,13H,7-9H2,1-2H3,(H,18,19,22)/t13-/m0/s1. The van der Waals surface area contributed by atoms with Crippen LogP contribution in [0.1, 0.15) is 24.1 Å². The molecule has 6 nitrogen and oxygen atoms in total. The molecule has 24 heavy (non-hydrogen) atoms. The maximum Gasteiger partial charge on any atom is 0.248 e. The number of ether oxygens (including phenoxy) is 1. The van der Waals surface area contributed by atoms with Crippen LogP contribution in [0.25, 0.3) is 0 Å². The maximum atomic E-state index is 12.6. The van der Waals surface area contributed by atoms with Crippen molar-refractivity contribution in [2.24, 2.45) is 0 Å². The van der Waals surface area contributed by atoms with Crippen LogP contribution in [-0.2, 0) is 16.1 Å². The largest absolute Gasteiger partial charge is 0.496 e. The number of hydrogen-bond acceptors (Lipinski definition) is 5. The first-order valence-corrected chi connectivity index (χ1v) is 8.61. The van der Waals surface area contributed by atoms with Gasteiger partial charge in [0.1, 0.15) is 11.8 Å². The molecule has 1 saturated heterocycles. The van der Waals surface area contributed by atoms with Crippen LogP contribution < -0.4 is 10.1 Å². The van der Waals surface area contributed by atoms with E-state index in [0.717, 1.165) is 11.3 Å². The van der Waals surface area contributed by atoms with Crippen molar-refractivity contribution in [3.05, 3.63) is 40.9 Å². The zero-order chi connectivity index (χ0) is 17.1. The predicted octanol–water partition coefficient (Wildman–Crippen LogP) is 2.59. The number of aromatic nitrogens is 1. The quantitative estimate of drug-likeness (QED) is 0.904. The molecular formula is C17H19N3O3S. The molecule has 0 spiro atoms. The van der Waals surface area contributed by atoms with Gasteiger partial charge in [0, 0.05) is 17.4 Å². The average molecular weight is 345 g/mol. The van der Waals surface area contributed by atoms with Gasteiger partial charge in [-0.05, 0) is 19.4 Å². The second kappa shape index (κ2) is 7.00. The van der Waals surface area contributed by atoms with Gasteiger partial charge in [0.15, 0.2) is 5.13 Å². The summed E-state index contributed by atoms with van der Waals surface area (Å²) in [6.07, 6.45) is 0.897. The summed E-state index contributed by atoms with van der Waals surface area (Å²) in [6, 6.07) is 7.05. The number of rotatable bonds is 5. The summed E-state index contributed by atoms with van der Waals surface area (Å²) in [4.78, 5) is 30.7. The fourth-order valence-corrected chi connectivity index (χ4v) is 3.51. The molecule has 3 rings (SSSR count). The molecule has 1 aliphatic rings. The van der Waals surface area contributed by atoms with Crippen LogP contribution in [0.15, 0.2) is 29.6 Å². The zero-order valence-corrected chi connectivity index (χ0v) is 14.4. The predicted molar refractivity (Wildman–Crippen MR) is 92.0 cm³/mol. The fraction of sp³-hybridized carbons (Fsp3) is 0.353. The third kappa shape index (κ3) is 3.41. The number of benzene rings is 1. The summed E-state index contributed by atoms with van der Waals surface area (Å²) in [5.74, 6) is 0.508. The molecule has 0 radical (unpaired) electrons. The van der Waals surface area contributed by atoms with Crippen LogP contribution in [0, 0.1) is 6.92 Å². The summed E-state index contributed by atoms with van der Waals surface area (Å²) >= 11 is 1.38. The van der Waals surface area contributed by atoms with Gasteiger partial charge in [0.25, 0.3) is 0 Å². The first-order chi connectivity index (χ1) is 11.6. The fourth-order valence-electron chi connectivity index (χ4n) is 2.82. The lowest BCUT2D eigenvalue weighted by molar-refractivity contribution is -0.133. The van der Waals surface area contributed by atoms with Crippen molar-refractivity contribution in [3.63, 3.8) is 0 Å². The van der Waals surface area contributed by atoms with Gasteiger partial charge in [-0.1, -0.05) is 18.2 Å². The lowest BCUT2D eigenvalue weighted by Gasteiger charge is -2.24. The van der Waals surface area contributed by atoms with Gasteiger partial charge < -0.3 is 15.0 Å². The Morgan fingerprint density at radius 3 is 2.96 bits per heavy atom. The van der Waals surface area contributed by atoms with E-state index >= 15 is 0 Å². The number of para-hydroxylation sites is 1. The lowest BCUT2D eigenvalue weighted by Crippen LogP contribution is -2.41. The number of nitrogens with zero attached hydrogens (tertiary/aromatic N) is 2. The Balaban J connectivity index is 1.75. The molecule has 1 atom stereocenters. The molecule has 126 valence electrons. The van der Waals surface area contributed by atoms with E-state index in [0.29, 0.717) is 30.3 Å². The number of likely N-dealkylation sites (tertiary alicyclic amines) is 1. The number of anilines is 1. The number of thiazole rings is 1. The molecule has 1 aromatic heterocycles. The van der Waals surface area contributed by atoms with Crippen molar-refractivity contribution in [3.8, 4) is 5.75 Å². The number of nitrogens with one attached hydrogen (secondary N) is 1. The Kier molecular flexibility index (Phi) is 4.80. The van der Waals surface area contributed by atoms with Gasteiger partial charge in [0.2, 0.25) is 11.8 Å². The van der Waals surface area contributed by atoms with E-state index in [1.807, 2.05) is 36.6 Å². The molecule has 0 unspecified atom stereocenters. The first kappa shape index (κ1) is 16.4. The van der Waals surface area contributed by atoms with E-state index in [1.54, 1.807) is 12.0 Å². The van der Waals surface area contributed by atoms with Crippen LogP contribution >= 0.6 is 11.3 Å². The summed E-state index contributed by atoms with van der Waals surface area (Å²) in [5, 5.41) is 5.25. The highest BCUT2D eigenvalue weighted by Crippen LogP contribution is 2.27. The van der Waals surface area contributed by atoms with Crippen LogP contribution in [0.4, 0.5) is 5.13 Å². The Morgan fingerprint density at radius 2 is 2.25 bits per heavy atom. The van der Waals surface area contributed by atoms with Crippen molar-refractivity contribution < 1.29 is 14.3 Å². The van der Waals surface area contributed by atoms with Gasteiger partial charge in [-0.15, -0.1) is 11.3 Å². The zero-order valence-electron chi connectivity index (χ0n) is 13.6. The third-order valence-corrected chi connectivity index (χ3v) is 4.89. The molecule has 7 heteroatoms. The Hall–Kier alpha value is -2.41. The minimum absolute atomic E-state index is 0.0172. The molecule has 0 bridgehead atoms. The van der Waals surface area contributed by atoms with E-state index in [2.05, 4.69) is 10.3 Å². The SMILES string of the molecule is COc1ccccc1CN1C(=O)CC[C@H]1C(=O)Nc1nc(C)cs1. The summed E-state index contributed by atoms with van der Waals surface area (Å²) in [5.41, 5.74) is 1.75. The van der Waals surface area contributed by atoms with Crippen LogP contribution in [0.2, 0.25) is 0 Å². The second-order valence-corrected chi connectivity index (χ2v) is 6.53. The van der Waals surface area contributed by atoms with E-state index in [1.165, 1.54) is 11.3 Å². The molecular weight excluding hydrogens is 326 g/mol. The summed E-state index contributed by atoms with van der Waals surface area (Å²) in [6.45, 7) is 2.23. The minimum Gasteiger partial charge on any atom is -0.496 e. The third-order valence-electron chi connectivity index (χ3n) is 4.01. The molecule has 1 N–H and O–H groups in total. The normalized spacial score (nSPS) is 17.2. The molecule has 2 heterocycles. The maximum absolute atomic E-state index is 12.6. The van der Waals surface area contributed by atoms with E-state index in [9.17, 15) is 9.59 Å². The van der Waals surface area contributed by atoms with Crippen molar-refractivity contribution >= 4 is 28.3 Å². The number of carbonyl (C=O) groups excluding carboxylic acids is 2. The number of aryl methyl sites for hydroxylation is 1. The van der Waals surface area contributed by atoms with Gasteiger partial charge in [0.05, 0.1) is 19.3 Å². The van der Waals surface area contributed by atoms with Crippen LogP contribution in [-0.4, -0.2) is 34.8 Å². The Labute approximate surface area is 144 Å². The van der Waals surface area contributed by atoms with Crippen molar-refractivity contribution in [1.29, 1.82) is 0 Å². The van der Waals surface area contributed by atoms with E-state index in [4.69, 9.17) is 4.74 Å². The highest BCUT2D eigenvalue weighted by atomic mass is 32.1. The monoisotopic (exact) mass is 345 g/mol. The molecule has 0 saturated carbocycles. The highest BCUT2D eigenvalue weighted by Gasteiger charge is 2.36. The molecule has 1 aromatic carbocycles.